The molecular formula is C27H32N8O. The Morgan fingerprint density at radius 1 is 1.11 bits per heavy atom. The number of fused-ring (bicyclic) bond motifs is 2. The SMILES string of the molecule is C[C@@H]1CN(c2ccc(C#N)c3ncccc23)C[C@H](CN2CCN(c3ncc4c(n3)CCNC4)CC2)O1. The summed E-state index contributed by atoms with van der Waals surface area (Å²) in [6, 6.07) is 10.2. The van der Waals surface area contributed by atoms with Gasteiger partial charge >= 0.3 is 0 Å². The average molecular weight is 485 g/mol. The predicted molar refractivity (Wildman–Crippen MR) is 139 cm³/mol. The maximum atomic E-state index is 9.50. The zero-order valence-corrected chi connectivity index (χ0v) is 20.7. The summed E-state index contributed by atoms with van der Waals surface area (Å²) in [4.78, 5) is 21.2. The molecule has 36 heavy (non-hydrogen) atoms. The number of benzene rings is 1. The van der Waals surface area contributed by atoms with Crippen LogP contribution in [0.15, 0.2) is 36.7 Å². The molecule has 0 bridgehead atoms. The number of piperazine rings is 1. The quantitative estimate of drug-likeness (QED) is 0.596. The van der Waals surface area contributed by atoms with Gasteiger partial charge < -0.3 is 19.9 Å². The second kappa shape index (κ2) is 9.97. The van der Waals surface area contributed by atoms with E-state index in [0.29, 0.717) is 5.56 Å². The Morgan fingerprint density at radius 3 is 2.86 bits per heavy atom. The van der Waals surface area contributed by atoms with Crippen molar-refractivity contribution in [3.05, 3.63) is 53.5 Å². The normalized spacial score (nSPS) is 22.9. The van der Waals surface area contributed by atoms with Crippen molar-refractivity contribution in [2.75, 3.05) is 62.2 Å². The smallest absolute Gasteiger partial charge is 0.225 e. The highest BCUT2D eigenvalue weighted by Crippen LogP contribution is 2.30. The molecule has 186 valence electrons. The molecule has 2 atom stereocenters. The lowest BCUT2D eigenvalue weighted by Crippen LogP contribution is -2.54. The first-order chi connectivity index (χ1) is 17.7. The molecule has 6 rings (SSSR count). The molecule has 3 aromatic rings. The summed E-state index contributed by atoms with van der Waals surface area (Å²) in [6.07, 6.45) is 4.97. The Balaban J connectivity index is 1.11. The molecule has 0 saturated carbocycles. The van der Waals surface area contributed by atoms with Crippen LogP contribution in [0, 0.1) is 11.3 Å². The van der Waals surface area contributed by atoms with Crippen LogP contribution in [-0.2, 0) is 17.7 Å². The van der Waals surface area contributed by atoms with Crippen molar-refractivity contribution < 1.29 is 4.74 Å². The molecule has 2 aromatic heterocycles. The Kier molecular flexibility index (Phi) is 6.40. The second-order valence-electron chi connectivity index (χ2n) is 9.97. The largest absolute Gasteiger partial charge is 0.370 e. The van der Waals surface area contributed by atoms with E-state index in [4.69, 9.17) is 9.72 Å². The summed E-state index contributed by atoms with van der Waals surface area (Å²) in [7, 11) is 0. The van der Waals surface area contributed by atoms with Gasteiger partial charge in [0.15, 0.2) is 0 Å². The van der Waals surface area contributed by atoms with E-state index in [1.807, 2.05) is 18.3 Å². The van der Waals surface area contributed by atoms with Crippen LogP contribution in [0.3, 0.4) is 0 Å². The number of aromatic nitrogens is 3. The third-order valence-corrected chi connectivity index (χ3v) is 7.45. The van der Waals surface area contributed by atoms with Crippen LogP contribution in [0.25, 0.3) is 10.9 Å². The van der Waals surface area contributed by atoms with E-state index in [0.717, 1.165) is 87.9 Å². The minimum Gasteiger partial charge on any atom is -0.370 e. The van der Waals surface area contributed by atoms with Crippen molar-refractivity contribution in [2.24, 2.45) is 0 Å². The number of hydrogen-bond donors (Lipinski definition) is 1. The van der Waals surface area contributed by atoms with Gasteiger partial charge in [0.1, 0.15) is 6.07 Å². The van der Waals surface area contributed by atoms with Gasteiger partial charge in [-0.15, -0.1) is 0 Å². The van der Waals surface area contributed by atoms with Crippen molar-refractivity contribution in [1.29, 1.82) is 5.26 Å². The molecule has 5 heterocycles. The number of anilines is 2. The monoisotopic (exact) mass is 484 g/mol. The van der Waals surface area contributed by atoms with Crippen molar-refractivity contribution in [2.45, 2.75) is 32.1 Å². The zero-order chi connectivity index (χ0) is 24.5. The van der Waals surface area contributed by atoms with E-state index < -0.39 is 0 Å². The molecule has 3 aliphatic heterocycles. The molecule has 0 aliphatic carbocycles. The van der Waals surface area contributed by atoms with E-state index in [2.05, 4.69) is 55.1 Å². The van der Waals surface area contributed by atoms with Crippen LogP contribution in [0.1, 0.15) is 23.7 Å². The number of ether oxygens (including phenoxy) is 1. The number of pyridine rings is 1. The topological polar surface area (TPSA) is 93.4 Å². The predicted octanol–water partition coefficient (Wildman–Crippen LogP) is 1.96. The maximum absolute atomic E-state index is 9.50. The van der Waals surface area contributed by atoms with Gasteiger partial charge in [-0.1, -0.05) is 0 Å². The molecule has 9 nitrogen and oxygen atoms in total. The molecular weight excluding hydrogens is 452 g/mol. The van der Waals surface area contributed by atoms with Crippen LogP contribution >= 0.6 is 0 Å². The Labute approximate surface area is 211 Å². The number of hydrogen-bond acceptors (Lipinski definition) is 9. The molecule has 2 saturated heterocycles. The molecule has 0 spiro atoms. The first-order valence-electron chi connectivity index (χ1n) is 12.9. The number of morpholine rings is 1. The van der Waals surface area contributed by atoms with Gasteiger partial charge in [-0.2, -0.15) is 5.26 Å². The van der Waals surface area contributed by atoms with Gasteiger partial charge in [0, 0.05) is 94.4 Å². The summed E-state index contributed by atoms with van der Waals surface area (Å²) in [5.41, 5.74) is 4.93. The molecule has 0 unspecified atom stereocenters. The van der Waals surface area contributed by atoms with E-state index >= 15 is 0 Å². The fraction of sp³-hybridized carbons (Fsp3) is 0.481. The van der Waals surface area contributed by atoms with E-state index in [-0.39, 0.29) is 12.2 Å². The molecule has 2 fully saturated rings. The van der Waals surface area contributed by atoms with Crippen LogP contribution in [0.4, 0.5) is 11.6 Å². The molecule has 1 N–H and O–H groups in total. The highest BCUT2D eigenvalue weighted by atomic mass is 16.5. The second-order valence-corrected chi connectivity index (χ2v) is 9.97. The van der Waals surface area contributed by atoms with Gasteiger partial charge in [0.25, 0.3) is 0 Å². The third-order valence-electron chi connectivity index (χ3n) is 7.45. The molecule has 0 radical (unpaired) electrons. The summed E-state index contributed by atoms with van der Waals surface area (Å²) in [5, 5.41) is 13.9. The molecule has 9 heteroatoms. The lowest BCUT2D eigenvalue weighted by molar-refractivity contribution is -0.0327. The van der Waals surface area contributed by atoms with Crippen LogP contribution in [-0.4, -0.2) is 84.4 Å². The summed E-state index contributed by atoms with van der Waals surface area (Å²) < 4.78 is 6.38. The summed E-state index contributed by atoms with van der Waals surface area (Å²) in [6.45, 7) is 10.3. The number of nitrogens with zero attached hydrogens (tertiary/aromatic N) is 7. The zero-order valence-electron chi connectivity index (χ0n) is 20.7. The van der Waals surface area contributed by atoms with Crippen LogP contribution in [0.2, 0.25) is 0 Å². The lowest BCUT2D eigenvalue weighted by Gasteiger charge is -2.42. The first-order valence-corrected chi connectivity index (χ1v) is 12.9. The van der Waals surface area contributed by atoms with E-state index in [1.54, 1.807) is 6.20 Å². The van der Waals surface area contributed by atoms with E-state index in [9.17, 15) is 5.26 Å². The first kappa shape index (κ1) is 23.1. The van der Waals surface area contributed by atoms with E-state index in [1.165, 1.54) is 11.3 Å². The van der Waals surface area contributed by atoms with Gasteiger partial charge in [-0.3, -0.25) is 9.88 Å². The van der Waals surface area contributed by atoms with Crippen molar-refractivity contribution in [3.63, 3.8) is 0 Å². The van der Waals surface area contributed by atoms with Gasteiger partial charge in [0.2, 0.25) is 5.95 Å². The molecule has 0 amide bonds. The fourth-order valence-corrected chi connectivity index (χ4v) is 5.66. The van der Waals surface area contributed by atoms with Crippen molar-refractivity contribution >= 4 is 22.5 Å². The minimum absolute atomic E-state index is 0.121. The highest BCUT2D eigenvalue weighted by molar-refractivity contribution is 5.95. The lowest BCUT2D eigenvalue weighted by atomic mass is 10.1. The Morgan fingerprint density at radius 2 is 2.00 bits per heavy atom. The summed E-state index contributed by atoms with van der Waals surface area (Å²) in [5.74, 6) is 0.866. The van der Waals surface area contributed by atoms with Crippen LogP contribution < -0.4 is 15.1 Å². The average Bonchev–Trinajstić information content (AvgIpc) is 2.92. The van der Waals surface area contributed by atoms with Gasteiger partial charge in [-0.05, 0) is 31.2 Å². The number of nitriles is 1. The minimum atomic E-state index is 0.121. The Hall–Kier alpha value is -3.32. The third kappa shape index (κ3) is 4.60. The van der Waals surface area contributed by atoms with Gasteiger partial charge in [0.05, 0.1) is 29.0 Å². The molecule has 1 aromatic carbocycles. The van der Waals surface area contributed by atoms with Crippen LogP contribution in [0.5, 0.6) is 0 Å². The Bertz CT molecular complexity index is 1280. The number of nitrogens with one attached hydrogen (secondary N) is 1. The molecule has 3 aliphatic rings. The maximum Gasteiger partial charge on any atom is 0.225 e. The van der Waals surface area contributed by atoms with Gasteiger partial charge in [-0.25, -0.2) is 9.97 Å². The highest BCUT2D eigenvalue weighted by Gasteiger charge is 2.30. The van der Waals surface area contributed by atoms with Crippen molar-refractivity contribution in [3.8, 4) is 6.07 Å². The van der Waals surface area contributed by atoms with Crippen molar-refractivity contribution in [1.82, 2.24) is 25.2 Å². The standard InChI is InChI=1S/C27H32N8O/c1-19-16-35(25-5-4-20(13-28)26-23(25)3-2-7-30-26)18-22(36-19)17-33-9-11-34(12-10-33)27-31-15-21-14-29-8-6-24(21)32-27/h2-5,7,15,19,22,29H,6,8-12,14,16-18H2,1H3/t19-,22+/m1/s1. The summed E-state index contributed by atoms with van der Waals surface area (Å²) >= 11 is 0. The number of rotatable bonds is 4. The fourth-order valence-electron chi connectivity index (χ4n) is 5.66.